The minimum Gasteiger partial charge on any atom is -0.309 e. The lowest BCUT2D eigenvalue weighted by molar-refractivity contribution is 0.553. The molecular weight excluding hydrogens is 310 g/mol. The van der Waals surface area contributed by atoms with Gasteiger partial charge in [0.05, 0.1) is 16.5 Å². The van der Waals surface area contributed by atoms with Crippen LogP contribution in [0.4, 0.5) is 0 Å². The number of nitrogens with zero attached hydrogens (tertiary/aromatic N) is 1. The SMILES string of the molecule is C[C@H](NCCNS(=O)(=O)c1ccccc1)c1cccc(C#N)c1. The highest BCUT2D eigenvalue weighted by Crippen LogP contribution is 2.13. The first-order valence-corrected chi connectivity index (χ1v) is 8.79. The molecule has 2 aromatic carbocycles. The van der Waals surface area contributed by atoms with Crippen molar-refractivity contribution in [1.82, 2.24) is 10.0 Å². The van der Waals surface area contributed by atoms with Gasteiger partial charge in [0, 0.05) is 19.1 Å². The number of benzene rings is 2. The molecule has 0 bridgehead atoms. The number of hydrogen-bond acceptors (Lipinski definition) is 4. The van der Waals surface area contributed by atoms with E-state index in [0.29, 0.717) is 18.7 Å². The Kier molecular flexibility index (Phi) is 5.88. The summed E-state index contributed by atoms with van der Waals surface area (Å²) in [4.78, 5) is 0.259. The van der Waals surface area contributed by atoms with Gasteiger partial charge in [-0.15, -0.1) is 0 Å². The van der Waals surface area contributed by atoms with Crippen LogP contribution in [-0.4, -0.2) is 21.5 Å². The van der Waals surface area contributed by atoms with Gasteiger partial charge in [0.1, 0.15) is 0 Å². The van der Waals surface area contributed by atoms with E-state index in [9.17, 15) is 8.42 Å². The van der Waals surface area contributed by atoms with E-state index >= 15 is 0 Å². The maximum absolute atomic E-state index is 12.1. The number of nitriles is 1. The predicted molar refractivity (Wildman–Crippen MR) is 89.2 cm³/mol. The summed E-state index contributed by atoms with van der Waals surface area (Å²) < 4.78 is 26.7. The first-order valence-electron chi connectivity index (χ1n) is 7.31. The largest absolute Gasteiger partial charge is 0.309 e. The second kappa shape index (κ2) is 7.88. The van der Waals surface area contributed by atoms with Crippen LogP contribution in [0.1, 0.15) is 24.1 Å². The minimum atomic E-state index is -3.47. The van der Waals surface area contributed by atoms with Crippen LogP contribution in [-0.2, 0) is 10.0 Å². The van der Waals surface area contributed by atoms with Gasteiger partial charge in [-0.1, -0.05) is 30.3 Å². The van der Waals surface area contributed by atoms with Crippen LogP contribution in [0.2, 0.25) is 0 Å². The fourth-order valence-electron chi connectivity index (χ4n) is 2.15. The zero-order chi connectivity index (χ0) is 16.7. The fourth-order valence-corrected chi connectivity index (χ4v) is 3.21. The molecule has 0 unspecified atom stereocenters. The average molecular weight is 329 g/mol. The maximum Gasteiger partial charge on any atom is 0.240 e. The van der Waals surface area contributed by atoms with Crippen molar-refractivity contribution in [3.05, 3.63) is 65.7 Å². The standard InChI is InChI=1S/C17H19N3O2S/c1-14(16-7-5-6-15(12-16)13-18)19-10-11-20-23(21,22)17-8-3-2-4-9-17/h2-9,12,14,19-20H,10-11H2,1H3/t14-/m0/s1. The Morgan fingerprint density at radius 1 is 1.09 bits per heavy atom. The van der Waals surface area contributed by atoms with Gasteiger partial charge in [-0.25, -0.2) is 13.1 Å². The second-order valence-electron chi connectivity index (χ2n) is 5.12. The first-order chi connectivity index (χ1) is 11.0. The molecule has 1 atom stereocenters. The van der Waals surface area contributed by atoms with E-state index in [4.69, 9.17) is 5.26 Å². The summed E-state index contributed by atoms with van der Waals surface area (Å²) in [6, 6.07) is 17.8. The van der Waals surface area contributed by atoms with Gasteiger partial charge in [-0.3, -0.25) is 0 Å². The smallest absolute Gasteiger partial charge is 0.240 e. The highest BCUT2D eigenvalue weighted by molar-refractivity contribution is 7.89. The van der Waals surface area contributed by atoms with E-state index in [1.807, 2.05) is 25.1 Å². The minimum absolute atomic E-state index is 0.0320. The van der Waals surface area contributed by atoms with Gasteiger partial charge in [0.2, 0.25) is 10.0 Å². The van der Waals surface area contributed by atoms with Crippen LogP contribution < -0.4 is 10.0 Å². The zero-order valence-corrected chi connectivity index (χ0v) is 13.7. The second-order valence-corrected chi connectivity index (χ2v) is 6.89. The van der Waals surface area contributed by atoms with Crippen LogP contribution in [0.25, 0.3) is 0 Å². The summed E-state index contributed by atoms with van der Waals surface area (Å²) in [5.74, 6) is 0. The normalized spacial score (nSPS) is 12.5. The van der Waals surface area contributed by atoms with Crippen molar-refractivity contribution < 1.29 is 8.42 Å². The average Bonchev–Trinajstić information content (AvgIpc) is 2.59. The molecular formula is C17H19N3O2S. The van der Waals surface area contributed by atoms with Crippen molar-refractivity contribution in [1.29, 1.82) is 5.26 Å². The molecule has 23 heavy (non-hydrogen) atoms. The lowest BCUT2D eigenvalue weighted by Crippen LogP contribution is -2.33. The first kappa shape index (κ1) is 17.2. The summed E-state index contributed by atoms with van der Waals surface area (Å²) >= 11 is 0. The molecule has 0 aliphatic carbocycles. The Morgan fingerprint density at radius 2 is 1.83 bits per heavy atom. The van der Waals surface area contributed by atoms with Crippen molar-refractivity contribution in [2.45, 2.75) is 17.9 Å². The Labute approximate surface area is 137 Å². The van der Waals surface area contributed by atoms with Gasteiger partial charge >= 0.3 is 0 Å². The van der Waals surface area contributed by atoms with Crippen LogP contribution in [0, 0.1) is 11.3 Å². The van der Waals surface area contributed by atoms with Crippen LogP contribution in [0.5, 0.6) is 0 Å². The molecule has 0 aromatic heterocycles. The van der Waals surface area contributed by atoms with Crippen molar-refractivity contribution in [3.63, 3.8) is 0 Å². The summed E-state index contributed by atoms with van der Waals surface area (Å²) in [5.41, 5.74) is 1.61. The molecule has 0 heterocycles. The molecule has 0 aliphatic heterocycles. The van der Waals surface area contributed by atoms with E-state index in [-0.39, 0.29) is 10.9 Å². The van der Waals surface area contributed by atoms with Crippen molar-refractivity contribution in [3.8, 4) is 6.07 Å². The van der Waals surface area contributed by atoms with Crippen LogP contribution in [0.3, 0.4) is 0 Å². The van der Waals surface area contributed by atoms with E-state index in [1.54, 1.807) is 36.4 Å². The molecule has 0 fully saturated rings. The topological polar surface area (TPSA) is 82.0 Å². The van der Waals surface area contributed by atoms with Crippen molar-refractivity contribution in [2.24, 2.45) is 0 Å². The number of nitrogens with one attached hydrogen (secondary N) is 2. The molecule has 0 amide bonds. The Bertz CT molecular complexity index is 783. The van der Waals surface area contributed by atoms with Gasteiger partial charge in [0.15, 0.2) is 0 Å². The lowest BCUT2D eigenvalue weighted by Gasteiger charge is -2.15. The Morgan fingerprint density at radius 3 is 2.52 bits per heavy atom. The summed E-state index contributed by atoms with van der Waals surface area (Å²) in [6.07, 6.45) is 0. The molecule has 2 N–H and O–H groups in total. The quantitative estimate of drug-likeness (QED) is 0.763. The molecule has 0 aliphatic rings. The molecule has 5 nitrogen and oxygen atoms in total. The van der Waals surface area contributed by atoms with Gasteiger partial charge < -0.3 is 5.32 Å². The molecule has 120 valence electrons. The van der Waals surface area contributed by atoms with Crippen molar-refractivity contribution >= 4 is 10.0 Å². The number of rotatable bonds is 7. The van der Waals surface area contributed by atoms with E-state index in [1.165, 1.54) is 0 Å². The molecule has 2 aromatic rings. The maximum atomic E-state index is 12.1. The molecule has 2 rings (SSSR count). The molecule has 0 spiro atoms. The predicted octanol–water partition coefficient (Wildman–Crippen LogP) is 2.19. The van der Waals surface area contributed by atoms with Gasteiger partial charge in [-0.05, 0) is 36.8 Å². The summed E-state index contributed by atoms with van der Waals surface area (Å²) in [7, 11) is -3.47. The lowest BCUT2D eigenvalue weighted by atomic mass is 10.1. The highest BCUT2D eigenvalue weighted by atomic mass is 32.2. The van der Waals surface area contributed by atoms with Crippen molar-refractivity contribution in [2.75, 3.05) is 13.1 Å². The zero-order valence-electron chi connectivity index (χ0n) is 12.9. The van der Waals surface area contributed by atoms with Crippen LogP contribution >= 0.6 is 0 Å². The van der Waals surface area contributed by atoms with Gasteiger partial charge in [0.25, 0.3) is 0 Å². The number of sulfonamides is 1. The number of hydrogen-bond donors (Lipinski definition) is 2. The monoisotopic (exact) mass is 329 g/mol. The third kappa shape index (κ3) is 4.89. The highest BCUT2D eigenvalue weighted by Gasteiger charge is 2.12. The Balaban J connectivity index is 1.84. The molecule has 0 saturated carbocycles. The molecule has 6 heteroatoms. The molecule has 0 radical (unpaired) electrons. The fraction of sp³-hybridized carbons (Fsp3) is 0.235. The Hall–Kier alpha value is -2.20. The molecule has 0 saturated heterocycles. The van der Waals surface area contributed by atoms with E-state index in [0.717, 1.165) is 5.56 Å². The third-order valence-electron chi connectivity index (χ3n) is 3.44. The third-order valence-corrected chi connectivity index (χ3v) is 4.91. The van der Waals surface area contributed by atoms with E-state index < -0.39 is 10.0 Å². The summed E-state index contributed by atoms with van der Waals surface area (Å²) in [6.45, 7) is 2.76. The van der Waals surface area contributed by atoms with E-state index in [2.05, 4.69) is 16.1 Å². The van der Waals surface area contributed by atoms with Gasteiger partial charge in [-0.2, -0.15) is 5.26 Å². The summed E-state index contributed by atoms with van der Waals surface area (Å²) in [5, 5.41) is 12.1. The van der Waals surface area contributed by atoms with Crippen LogP contribution in [0.15, 0.2) is 59.5 Å².